The van der Waals surface area contributed by atoms with E-state index in [1.165, 1.54) is 29.9 Å². The molecule has 0 bridgehead atoms. The molecule has 0 aliphatic heterocycles. The first-order valence-corrected chi connectivity index (χ1v) is 7.91. The van der Waals surface area contributed by atoms with Crippen molar-refractivity contribution < 1.29 is 9.59 Å². The molecule has 0 saturated heterocycles. The fourth-order valence-corrected chi connectivity index (χ4v) is 2.69. The van der Waals surface area contributed by atoms with E-state index in [1.807, 2.05) is 0 Å². The molecular weight excluding hydrogens is 300 g/mol. The first kappa shape index (κ1) is 16.1. The third kappa shape index (κ3) is 3.88. The average molecular weight is 318 g/mol. The average Bonchev–Trinajstić information content (AvgIpc) is 3.00. The van der Waals surface area contributed by atoms with E-state index in [0.29, 0.717) is 17.1 Å². The Morgan fingerprint density at radius 3 is 2.86 bits per heavy atom. The zero-order valence-corrected chi connectivity index (χ0v) is 13.4. The Morgan fingerprint density at radius 1 is 1.36 bits per heavy atom. The highest BCUT2D eigenvalue weighted by Gasteiger charge is 2.19. The molecule has 2 amide bonds. The van der Waals surface area contributed by atoms with E-state index in [-0.39, 0.29) is 17.5 Å². The van der Waals surface area contributed by atoms with E-state index < -0.39 is 0 Å². The largest absolute Gasteiger partial charge is 0.341 e. The predicted molar refractivity (Wildman–Crippen MR) is 86.2 cm³/mol. The van der Waals surface area contributed by atoms with Gasteiger partial charge in [0.15, 0.2) is 0 Å². The van der Waals surface area contributed by atoms with Gasteiger partial charge in [0.2, 0.25) is 0 Å². The van der Waals surface area contributed by atoms with Gasteiger partial charge in [0.1, 0.15) is 10.6 Å². The highest BCUT2D eigenvalue weighted by Crippen LogP contribution is 2.24. The summed E-state index contributed by atoms with van der Waals surface area (Å²) >= 11 is 1.31. The van der Waals surface area contributed by atoms with Crippen molar-refractivity contribution in [1.29, 1.82) is 0 Å². The minimum Gasteiger partial charge on any atom is -0.341 e. The van der Waals surface area contributed by atoms with E-state index >= 15 is 0 Å². The molecule has 1 N–H and O–H groups in total. The van der Waals surface area contributed by atoms with Crippen LogP contribution in [0.15, 0.2) is 30.0 Å². The number of nitrogens with one attached hydrogen (secondary N) is 1. The van der Waals surface area contributed by atoms with Gasteiger partial charge in [-0.2, -0.15) is 0 Å². The van der Waals surface area contributed by atoms with Crippen molar-refractivity contribution >= 4 is 28.8 Å². The molecule has 0 aliphatic carbocycles. The second-order valence-electron chi connectivity index (χ2n) is 4.79. The molecule has 2 rings (SSSR count). The van der Waals surface area contributed by atoms with Crippen LogP contribution in [0.2, 0.25) is 0 Å². The second-order valence-corrected chi connectivity index (χ2v) is 5.70. The van der Waals surface area contributed by atoms with Crippen molar-refractivity contribution in [2.24, 2.45) is 0 Å². The number of carbonyl (C=O) groups excluding carboxylic acids is 2. The Labute approximate surface area is 133 Å². The van der Waals surface area contributed by atoms with Crippen LogP contribution in [0.4, 0.5) is 5.69 Å². The summed E-state index contributed by atoms with van der Waals surface area (Å²) in [4.78, 5) is 34.5. The minimum atomic E-state index is -0.378. The van der Waals surface area contributed by atoms with Gasteiger partial charge in [0.05, 0.1) is 11.9 Å². The molecule has 116 valence electrons. The third-order valence-electron chi connectivity index (χ3n) is 3.10. The number of hydrogen-bond acceptors (Lipinski definition) is 5. The lowest BCUT2D eigenvalue weighted by Gasteiger charge is -2.16. The molecule has 0 unspecified atom stereocenters. The summed E-state index contributed by atoms with van der Waals surface area (Å²) in [6, 6.07) is 1.72. The maximum Gasteiger partial charge on any atom is 0.275 e. The smallest absolute Gasteiger partial charge is 0.275 e. The van der Waals surface area contributed by atoms with Crippen LogP contribution in [0, 0.1) is 0 Å². The summed E-state index contributed by atoms with van der Waals surface area (Å²) in [7, 11) is 1.77. The molecule has 7 heteroatoms. The highest BCUT2D eigenvalue weighted by atomic mass is 32.1. The molecule has 0 saturated carbocycles. The normalized spacial score (nSPS) is 10.3. The van der Waals surface area contributed by atoms with E-state index in [9.17, 15) is 9.59 Å². The number of amides is 2. The first-order chi connectivity index (χ1) is 10.6. The lowest BCUT2D eigenvalue weighted by Crippen LogP contribution is -2.28. The second kappa shape index (κ2) is 7.65. The number of nitrogens with zero attached hydrogens (tertiary/aromatic N) is 3. The number of unbranched alkanes of at least 4 members (excludes halogenated alkanes) is 1. The van der Waals surface area contributed by atoms with Gasteiger partial charge in [0, 0.05) is 26.0 Å². The van der Waals surface area contributed by atoms with Gasteiger partial charge in [-0.15, -0.1) is 11.3 Å². The Hall–Kier alpha value is -2.28. The van der Waals surface area contributed by atoms with Crippen molar-refractivity contribution in [2.75, 3.05) is 18.9 Å². The standard InChI is InChI=1S/C15H18N4O2S/c1-3-4-8-19(2)15(21)13-11(5-9-22-13)18-14(20)12-10-16-6-7-17-12/h5-7,9-10H,3-4,8H2,1-2H3,(H,18,20). The van der Waals surface area contributed by atoms with E-state index in [1.54, 1.807) is 23.4 Å². The SMILES string of the molecule is CCCCN(C)C(=O)c1sccc1NC(=O)c1cnccn1. The van der Waals surface area contributed by atoms with Gasteiger partial charge in [-0.05, 0) is 17.9 Å². The van der Waals surface area contributed by atoms with Crippen LogP contribution in [-0.4, -0.2) is 40.3 Å². The number of hydrogen-bond donors (Lipinski definition) is 1. The summed E-state index contributed by atoms with van der Waals surface area (Å²) in [5.74, 6) is -0.463. The van der Waals surface area contributed by atoms with Crippen molar-refractivity contribution in [3.05, 3.63) is 40.6 Å². The van der Waals surface area contributed by atoms with Gasteiger partial charge in [-0.3, -0.25) is 14.6 Å². The Balaban J connectivity index is 2.09. The first-order valence-electron chi connectivity index (χ1n) is 7.03. The number of carbonyl (C=O) groups is 2. The summed E-state index contributed by atoms with van der Waals surface area (Å²) in [6.45, 7) is 2.78. The van der Waals surface area contributed by atoms with Crippen LogP contribution in [0.25, 0.3) is 0 Å². The van der Waals surface area contributed by atoms with E-state index in [2.05, 4.69) is 22.2 Å². The molecule has 0 aliphatic rings. The van der Waals surface area contributed by atoms with Crippen LogP contribution in [0.3, 0.4) is 0 Å². The predicted octanol–water partition coefficient (Wildman–Crippen LogP) is 2.66. The molecule has 2 aromatic heterocycles. The zero-order valence-electron chi connectivity index (χ0n) is 12.6. The monoisotopic (exact) mass is 318 g/mol. The van der Waals surface area contributed by atoms with Crippen molar-refractivity contribution in [2.45, 2.75) is 19.8 Å². The molecule has 0 atom stereocenters. The Morgan fingerprint density at radius 2 is 2.18 bits per heavy atom. The maximum atomic E-state index is 12.4. The van der Waals surface area contributed by atoms with Gasteiger partial charge in [-0.1, -0.05) is 13.3 Å². The van der Waals surface area contributed by atoms with E-state index in [4.69, 9.17) is 0 Å². The fraction of sp³-hybridized carbons (Fsp3) is 0.333. The quantitative estimate of drug-likeness (QED) is 0.888. The molecule has 0 spiro atoms. The molecule has 22 heavy (non-hydrogen) atoms. The molecule has 0 radical (unpaired) electrons. The van der Waals surface area contributed by atoms with Crippen molar-refractivity contribution in [1.82, 2.24) is 14.9 Å². The minimum absolute atomic E-state index is 0.0853. The van der Waals surface area contributed by atoms with Crippen molar-refractivity contribution in [3.8, 4) is 0 Å². The lowest BCUT2D eigenvalue weighted by molar-refractivity contribution is 0.0799. The Kier molecular flexibility index (Phi) is 5.60. The fourth-order valence-electron chi connectivity index (χ4n) is 1.85. The van der Waals surface area contributed by atoms with Crippen LogP contribution >= 0.6 is 11.3 Å². The van der Waals surface area contributed by atoms with Crippen LogP contribution in [0.1, 0.15) is 39.9 Å². The lowest BCUT2D eigenvalue weighted by atomic mass is 10.3. The summed E-state index contributed by atoms with van der Waals surface area (Å²) < 4.78 is 0. The van der Waals surface area contributed by atoms with E-state index in [0.717, 1.165) is 12.8 Å². The van der Waals surface area contributed by atoms with Gasteiger partial charge in [0.25, 0.3) is 11.8 Å². The highest BCUT2D eigenvalue weighted by molar-refractivity contribution is 7.12. The maximum absolute atomic E-state index is 12.4. The van der Waals surface area contributed by atoms with Gasteiger partial charge in [-0.25, -0.2) is 4.98 Å². The topological polar surface area (TPSA) is 75.2 Å². The molecule has 2 heterocycles. The van der Waals surface area contributed by atoms with Crippen LogP contribution in [-0.2, 0) is 0 Å². The zero-order chi connectivity index (χ0) is 15.9. The van der Waals surface area contributed by atoms with Gasteiger partial charge < -0.3 is 10.2 Å². The molecule has 0 aromatic carbocycles. The molecule has 0 fully saturated rings. The summed E-state index contributed by atoms with van der Waals surface area (Å²) in [5, 5.41) is 4.51. The molecule has 2 aromatic rings. The van der Waals surface area contributed by atoms with Crippen molar-refractivity contribution in [3.63, 3.8) is 0 Å². The number of thiophene rings is 1. The van der Waals surface area contributed by atoms with Crippen LogP contribution in [0.5, 0.6) is 0 Å². The number of rotatable bonds is 6. The summed E-state index contributed by atoms with van der Waals surface area (Å²) in [5.41, 5.74) is 0.723. The molecular formula is C15H18N4O2S. The molecule has 6 nitrogen and oxygen atoms in total. The van der Waals surface area contributed by atoms with Gasteiger partial charge >= 0.3 is 0 Å². The number of aromatic nitrogens is 2. The third-order valence-corrected chi connectivity index (χ3v) is 4.00. The summed E-state index contributed by atoms with van der Waals surface area (Å²) in [6.07, 6.45) is 6.32. The van der Waals surface area contributed by atoms with Crippen LogP contribution < -0.4 is 5.32 Å². The number of anilines is 1. The Bertz CT molecular complexity index is 642.